The Kier molecular flexibility index (Phi) is 7.45. The fourth-order valence-corrected chi connectivity index (χ4v) is 2.77. The summed E-state index contributed by atoms with van der Waals surface area (Å²) in [4.78, 5) is 34.6. The van der Waals surface area contributed by atoms with Gasteiger partial charge in [0.05, 0.1) is 18.2 Å². The number of nitrogens with one attached hydrogen (secondary N) is 2. The van der Waals surface area contributed by atoms with E-state index >= 15 is 0 Å². The van der Waals surface area contributed by atoms with Gasteiger partial charge in [-0.05, 0) is 30.0 Å². The molecular formula is C20H22N4O6. The zero-order valence-corrected chi connectivity index (χ0v) is 16.8. The third-order valence-electron chi connectivity index (χ3n) is 4.32. The molecule has 10 nitrogen and oxygen atoms in total. The molecule has 0 heterocycles. The van der Waals surface area contributed by atoms with Crippen molar-refractivity contribution in [1.82, 2.24) is 5.43 Å². The molecule has 0 spiro atoms. The number of nitro benzene ring substituents is 1. The minimum atomic E-state index is -1.00. The van der Waals surface area contributed by atoms with Gasteiger partial charge in [0.15, 0.2) is 5.75 Å². The molecule has 0 unspecified atom stereocenters. The van der Waals surface area contributed by atoms with E-state index in [-0.39, 0.29) is 11.3 Å². The number of anilines is 1. The molecule has 2 aromatic carbocycles. The summed E-state index contributed by atoms with van der Waals surface area (Å²) >= 11 is 0. The average molecular weight is 414 g/mol. The summed E-state index contributed by atoms with van der Waals surface area (Å²) in [7, 11) is 1.24. The largest absolute Gasteiger partial charge is 0.500 e. The predicted octanol–water partition coefficient (Wildman–Crippen LogP) is 2.52. The van der Waals surface area contributed by atoms with Gasteiger partial charge < -0.3 is 15.2 Å². The van der Waals surface area contributed by atoms with Gasteiger partial charge in [-0.25, -0.2) is 5.43 Å². The number of hydrogen-bond donors (Lipinski definition) is 3. The lowest BCUT2D eigenvalue weighted by Crippen LogP contribution is -2.33. The van der Waals surface area contributed by atoms with Crippen LogP contribution in [0.2, 0.25) is 0 Å². The van der Waals surface area contributed by atoms with Gasteiger partial charge in [0, 0.05) is 17.3 Å². The lowest BCUT2D eigenvalue weighted by atomic mass is 10.0. The molecule has 0 aromatic heterocycles. The monoisotopic (exact) mass is 414 g/mol. The lowest BCUT2D eigenvalue weighted by Gasteiger charge is -2.13. The van der Waals surface area contributed by atoms with Gasteiger partial charge in [0.25, 0.3) is 0 Å². The van der Waals surface area contributed by atoms with E-state index in [9.17, 15) is 24.8 Å². The van der Waals surface area contributed by atoms with Crippen molar-refractivity contribution in [3.8, 4) is 11.5 Å². The molecule has 0 bridgehead atoms. The summed E-state index contributed by atoms with van der Waals surface area (Å²) in [5.74, 6) is -2.64. The first kappa shape index (κ1) is 22.3. The quantitative estimate of drug-likeness (QED) is 0.275. The number of phenolic OH excluding ortho intramolecular Hbond substituents is 1. The van der Waals surface area contributed by atoms with Crippen molar-refractivity contribution in [2.24, 2.45) is 5.10 Å². The normalized spacial score (nSPS) is 10.6. The number of nitro groups is 1. The highest BCUT2D eigenvalue weighted by Crippen LogP contribution is 2.36. The maximum absolute atomic E-state index is 12.2. The van der Waals surface area contributed by atoms with Crippen LogP contribution in [0.25, 0.3) is 0 Å². The number of ether oxygens (including phenoxy) is 1. The maximum Gasteiger partial charge on any atom is 0.329 e. The molecule has 2 rings (SSSR count). The minimum Gasteiger partial charge on any atom is -0.500 e. The van der Waals surface area contributed by atoms with E-state index in [1.54, 1.807) is 0 Å². The van der Waals surface area contributed by atoms with E-state index in [1.807, 2.05) is 32.0 Å². The number of aryl methyl sites for hydroxylation is 2. The molecule has 0 saturated heterocycles. The third-order valence-corrected chi connectivity index (χ3v) is 4.32. The van der Waals surface area contributed by atoms with Crippen LogP contribution in [0.5, 0.6) is 11.5 Å². The van der Waals surface area contributed by atoms with E-state index in [1.165, 1.54) is 13.2 Å². The van der Waals surface area contributed by atoms with Crippen molar-refractivity contribution in [2.75, 3.05) is 12.4 Å². The summed E-state index contributed by atoms with van der Waals surface area (Å²) < 4.78 is 4.88. The van der Waals surface area contributed by atoms with Crippen molar-refractivity contribution in [3.05, 3.63) is 57.1 Å². The van der Waals surface area contributed by atoms with Crippen LogP contribution in [0.3, 0.4) is 0 Å². The van der Waals surface area contributed by atoms with Crippen molar-refractivity contribution in [3.63, 3.8) is 0 Å². The smallest absolute Gasteiger partial charge is 0.329 e. The van der Waals surface area contributed by atoms with Crippen LogP contribution >= 0.6 is 0 Å². The number of carbonyl (C=O) groups excluding carboxylic acids is 2. The molecule has 30 heavy (non-hydrogen) atoms. The average Bonchev–Trinajstić information content (AvgIpc) is 2.74. The molecule has 3 N–H and O–H groups in total. The first-order valence-corrected chi connectivity index (χ1v) is 9.12. The number of aromatic hydroxyl groups is 1. The van der Waals surface area contributed by atoms with Gasteiger partial charge in [0.1, 0.15) is 0 Å². The highest BCUT2D eigenvalue weighted by atomic mass is 16.6. The van der Waals surface area contributed by atoms with Crippen LogP contribution in [-0.2, 0) is 22.4 Å². The number of hydrogen-bond acceptors (Lipinski definition) is 7. The van der Waals surface area contributed by atoms with Crippen molar-refractivity contribution in [2.45, 2.75) is 26.7 Å². The van der Waals surface area contributed by atoms with E-state index in [2.05, 4.69) is 15.8 Å². The lowest BCUT2D eigenvalue weighted by molar-refractivity contribution is -0.386. The van der Waals surface area contributed by atoms with Gasteiger partial charge in [-0.1, -0.05) is 32.0 Å². The minimum absolute atomic E-state index is 0.127. The molecule has 2 amide bonds. The first-order chi connectivity index (χ1) is 14.3. The number of hydrazone groups is 1. The van der Waals surface area contributed by atoms with E-state index in [4.69, 9.17) is 4.74 Å². The second-order valence-corrected chi connectivity index (χ2v) is 6.16. The van der Waals surface area contributed by atoms with E-state index < -0.39 is 28.2 Å². The van der Waals surface area contributed by atoms with Crippen LogP contribution < -0.4 is 15.5 Å². The topological polar surface area (TPSA) is 143 Å². The number of rotatable bonds is 7. The van der Waals surface area contributed by atoms with Gasteiger partial charge >= 0.3 is 17.5 Å². The zero-order chi connectivity index (χ0) is 22.3. The molecule has 0 atom stereocenters. The van der Waals surface area contributed by atoms with Crippen LogP contribution in [0.1, 0.15) is 30.5 Å². The second kappa shape index (κ2) is 10.0. The maximum atomic E-state index is 12.2. The summed E-state index contributed by atoms with van der Waals surface area (Å²) in [5, 5.41) is 27.0. The Morgan fingerprint density at radius 1 is 1.20 bits per heavy atom. The summed E-state index contributed by atoms with van der Waals surface area (Å²) in [6.07, 6.45) is 2.47. The third kappa shape index (κ3) is 5.10. The molecule has 10 heteroatoms. The van der Waals surface area contributed by atoms with Gasteiger partial charge in [0.2, 0.25) is 5.75 Å². The number of benzene rings is 2. The van der Waals surface area contributed by atoms with Crippen LogP contribution in [0, 0.1) is 10.1 Å². The van der Waals surface area contributed by atoms with Crippen LogP contribution in [0.15, 0.2) is 35.4 Å². The van der Waals surface area contributed by atoms with Crippen molar-refractivity contribution in [1.29, 1.82) is 0 Å². The molecule has 0 radical (unpaired) electrons. The predicted molar refractivity (Wildman–Crippen MR) is 111 cm³/mol. The summed E-state index contributed by atoms with van der Waals surface area (Å²) in [5.41, 5.74) is 4.09. The highest BCUT2D eigenvalue weighted by molar-refractivity contribution is 6.39. The zero-order valence-electron chi connectivity index (χ0n) is 16.8. The first-order valence-electron chi connectivity index (χ1n) is 9.12. The molecule has 0 saturated carbocycles. The van der Waals surface area contributed by atoms with Crippen molar-refractivity contribution >= 4 is 29.4 Å². The highest BCUT2D eigenvalue weighted by Gasteiger charge is 2.20. The summed E-state index contributed by atoms with van der Waals surface area (Å²) in [6, 6.07) is 7.98. The van der Waals surface area contributed by atoms with Gasteiger partial charge in [-0.15, -0.1) is 0 Å². The SMILES string of the molecule is CCc1cccc(CC)c1NC(=O)C(=O)N/N=C\c1cc(OC)c(O)c([N+](=O)[O-])c1. The van der Waals surface area contributed by atoms with Crippen LogP contribution in [-0.4, -0.2) is 35.2 Å². The Balaban J connectivity index is 2.13. The number of methoxy groups -OCH3 is 1. The van der Waals surface area contributed by atoms with E-state index in [0.29, 0.717) is 18.5 Å². The Labute approximate surface area is 172 Å². The van der Waals surface area contributed by atoms with Crippen LogP contribution in [0.4, 0.5) is 11.4 Å². The standard InChI is InChI=1S/C20H22N4O6/c1-4-13-7-6-8-14(5-2)17(13)22-19(26)20(27)23-21-11-12-9-15(24(28)29)18(25)16(10-12)30-3/h6-11,25H,4-5H2,1-3H3,(H,22,26)(H,23,27)/b21-11-. The Morgan fingerprint density at radius 2 is 1.83 bits per heavy atom. The molecule has 0 aliphatic rings. The molecule has 0 aliphatic carbocycles. The number of amides is 2. The number of phenols is 1. The molecule has 158 valence electrons. The van der Waals surface area contributed by atoms with Gasteiger partial charge in [-0.2, -0.15) is 5.10 Å². The molecule has 0 fully saturated rings. The second-order valence-electron chi connectivity index (χ2n) is 6.16. The fraction of sp³-hybridized carbons (Fsp3) is 0.250. The molecule has 2 aromatic rings. The van der Waals surface area contributed by atoms with E-state index in [0.717, 1.165) is 23.4 Å². The Bertz CT molecular complexity index is 981. The number of nitrogens with zero attached hydrogens (tertiary/aromatic N) is 2. The molecule has 0 aliphatic heterocycles. The molecular weight excluding hydrogens is 392 g/mol. The Morgan fingerprint density at radius 3 is 2.37 bits per heavy atom. The number of carbonyl (C=O) groups is 2. The Hall–Kier alpha value is -3.95. The number of para-hydroxylation sites is 1. The van der Waals surface area contributed by atoms with Gasteiger partial charge in [-0.3, -0.25) is 19.7 Å². The van der Waals surface area contributed by atoms with Crippen molar-refractivity contribution < 1.29 is 24.4 Å². The summed E-state index contributed by atoms with van der Waals surface area (Å²) in [6.45, 7) is 3.89. The fourth-order valence-electron chi connectivity index (χ4n) is 2.77.